The van der Waals surface area contributed by atoms with Gasteiger partial charge in [-0.2, -0.15) is 13.2 Å². The lowest BCUT2D eigenvalue weighted by atomic mass is 10.0. The second-order valence-corrected chi connectivity index (χ2v) is 6.11. The van der Waals surface area contributed by atoms with Crippen LogP contribution in [0.25, 0.3) is 0 Å². The molecular weight excluding hydrogens is 391 g/mol. The van der Waals surface area contributed by atoms with Crippen LogP contribution in [0.3, 0.4) is 0 Å². The number of nitrogens with zero attached hydrogens (tertiary/aromatic N) is 1. The van der Waals surface area contributed by atoms with E-state index in [9.17, 15) is 18.0 Å². The van der Waals surface area contributed by atoms with Crippen LogP contribution in [-0.4, -0.2) is 45.7 Å². The summed E-state index contributed by atoms with van der Waals surface area (Å²) in [5.74, 6) is 0.765. The number of alkyl halides is 3. The highest BCUT2D eigenvalue weighted by Crippen LogP contribution is 2.38. The summed E-state index contributed by atoms with van der Waals surface area (Å²) in [5, 5.41) is 0. The molecule has 0 bridgehead atoms. The van der Waals surface area contributed by atoms with Gasteiger partial charge in [0.1, 0.15) is 6.61 Å². The van der Waals surface area contributed by atoms with Crippen LogP contribution in [0.4, 0.5) is 13.2 Å². The van der Waals surface area contributed by atoms with Gasteiger partial charge in [0.25, 0.3) is 0 Å². The Hall–Kier alpha value is -3.23. The third-order valence-corrected chi connectivity index (χ3v) is 4.36. The van der Waals surface area contributed by atoms with Crippen molar-refractivity contribution >= 4 is 11.7 Å². The van der Waals surface area contributed by atoms with Crippen molar-refractivity contribution in [2.45, 2.75) is 12.2 Å². The third-order valence-electron chi connectivity index (χ3n) is 4.36. The predicted octanol–water partition coefficient (Wildman–Crippen LogP) is 3.76. The Labute approximate surface area is 164 Å². The second kappa shape index (κ2) is 8.02. The van der Waals surface area contributed by atoms with Crippen LogP contribution in [0, 0.1) is 0 Å². The standard InChI is InChI=1S/C20H18F3NO5/c1-26-15-8-12(9-16(27-2)18(15)28-3)17(25)14-10-29-19(24-14)11-4-6-13(7-5-11)20(21,22)23/h4-9,14H,10H2,1-3H3. The molecule has 0 saturated heterocycles. The number of halogens is 3. The molecule has 3 rings (SSSR count). The number of carbonyl (C=O) groups excluding carboxylic acids is 1. The molecule has 2 aromatic carbocycles. The minimum absolute atomic E-state index is 0.0220. The zero-order valence-corrected chi connectivity index (χ0v) is 15.9. The summed E-state index contributed by atoms with van der Waals surface area (Å²) < 4.78 is 59.2. The summed E-state index contributed by atoms with van der Waals surface area (Å²) in [6, 6.07) is 6.58. The van der Waals surface area contributed by atoms with E-state index in [-0.39, 0.29) is 23.9 Å². The fourth-order valence-corrected chi connectivity index (χ4v) is 2.88. The molecule has 0 spiro atoms. The van der Waals surface area contributed by atoms with E-state index < -0.39 is 17.8 Å². The zero-order valence-electron chi connectivity index (χ0n) is 15.9. The van der Waals surface area contributed by atoms with Crippen molar-refractivity contribution in [3.8, 4) is 17.2 Å². The quantitative estimate of drug-likeness (QED) is 0.680. The third kappa shape index (κ3) is 4.13. The lowest BCUT2D eigenvalue weighted by Crippen LogP contribution is -2.20. The molecule has 0 aliphatic carbocycles. The molecule has 1 aliphatic rings. The monoisotopic (exact) mass is 409 g/mol. The Bertz CT molecular complexity index is 913. The molecule has 1 unspecified atom stereocenters. The van der Waals surface area contributed by atoms with E-state index in [4.69, 9.17) is 18.9 Å². The Morgan fingerprint density at radius 2 is 1.62 bits per heavy atom. The largest absolute Gasteiger partial charge is 0.493 e. The normalized spacial score (nSPS) is 16.1. The highest BCUT2D eigenvalue weighted by atomic mass is 19.4. The van der Waals surface area contributed by atoms with Crippen molar-refractivity contribution in [1.29, 1.82) is 0 Å². The molecule has 1 aliphatic heterocycles. The Morgan fingerprint density at radius 1 is 1.03 bits per heavy atom. The number of hydrogen-bond donors (Lipinski definition) is 0. The average molecular weight is 409 g/mol. The van der Waals surface area contributed by atoms with Crippen LogP contribution in [0.15, 0.2) is 41.4 Å². The number of benzene rings is 2. The van der Waals surface area contributed by atoms with Crippen molar-refractivity contribution in [3.63, 3.8) is 0 Å². The van der Waals surface area contributed by atoms with Gasteiger partial charge in [-0.15, -0.1) is 0 Å². The van der Waals surface area contributed by atoms with Gasteiger partial charge < -0.3 is 18.9 Å². The number of rotatable bonds is 6. The molecule has 0 fully saturated rings. The van der Waals surface area contributed by atoms with E-state index in [2.05, 4.69) is 4.99 Å². The number of aliphatic imine (C=N–C) groups is 1. The molecule has 0 aromatic heterocycles. The first-order valence-electron chi connectivity index (χ1n) is 8.51. The molecule has 1 atom stereocenters. The van der Waals surface area contributed by atoms with E-state index in [1.165, 1.54) is 45.6 Å². The molecule has 6 nitrogen and oxygen atoms in total. The SMILES string of the molecule is COc1cc(C(=O)C2COC(c3ccc(C(F)(F)F)cc3)=N2)cc(OC)c1OC. The van der Waals surface area contributed by atoms with Crippen LogP contribution >= 0.6 is 0 Å². The first-order valence-corrected chi connectivity index (χ1v) is 8.51. The summed E-state index contributed by atoms with van der Waals surface area (Å²) in [7, 11) is 4.32. The van der Waals surface area contributed by atoms with E-state index in [0.29, 0.717) is 22.8 Å². The number of carbonyl (C=O) groups is 1. The molecule has 0 N–H and O–H groups in total. The molecule has 154 valence electrons. The maximum atomic E-state index is 12.9. The lowest BCUT2D eigenvalue weighted by Gasteiger charge is -2.14. The second-order valence-electron chi connectivity index (χ2n) is 6.11. The Morgan fingerprint density at radius 3 is 2.10 bits per heavy atom. The van der Waals surface area contributed by atoms with Gasteiger partial charge in [-0.25, -0.2) is 4.99 Å². The van der Waals surface area contributed by atoms with Crippen LogP contribution < -0.4 is 14.2 Å². The van der Waals surface area contributed by atoms with Gasteiger partial charge in [0, 0.05) is 11.1 Å². The maximum Gasteiger partial charge on any atom is 0.416 e. The summed E-state index contributed by atoms with van der Waals surface area (Å²) >= 11 is 0. The number of ketones is 1. The zero-order chi connectivity index (χ0) is 21.2. The first-order chi connectivity index (χ1) is 13.8. The van der Waals surface area contributed by atoms with Crippen LogP contribution in [0.2, 0.25) is 0 Å². The van der Waals surface area contributed by atoms with E-state index in [0.717, 1.165) is 12.1 Å². The van der Waals surface area contributed by atoms with Gasteiger partial charge in [0.2, 0.25) is 11.6 Å². The van der Waals surface area contributed by atoms with Gasteiger partial charge in [-0.1, -0.05) is 0 Å². The Balaban J connectivity index is 1.85. The van der Waals surface area contributed by atoms with E-state index >= 15 is 0 Å². The van der Waals surface area contributed by atoms with Gasteiger partial charge in [-0.3, -0.25) is 4.79 Å². The molecule has 0 radical (unpaired) electrons. The Kier molecular flexibility index (Phi) is 5.67. The fraction of sp³-hybridized carbons (Fsp3) is 0.300. The molecule has 0 amide bonds. The van der Waals surface area contributed by atoms with Gasteiger partial charge in [0.15, 0.2) is 23.3 Å². The summed E-state index contributed by atoms with van der Waals surface area (Å²) in [5.41, 5.74) is -0.131. The van der Waals surface area contributed by atoms with Gasteiger partial charge in [0.05, 0.1) is 26.9 Å². The number of ether oxygens (including phenoxy) is 4. The van der Waals surface area contributed by atoms with Crippen molar-refractivity contribution in [1.82, 2.24) is 0 Å². The molecule has 1 heterocycles. The number of hydrogen-bond acceptors (Lipinski definition) is 6. The molecule has 29 heavy (non-hydrogen) atoms. The topological polar surface area (TPSA) is 66.4 Å². The summed E-state index contributed by atoms with van der Waals surface area (Å²) in [6.45, 7) is -0.0220. The molecule has 2 aromatic rings. The lowest BCUT2D eigenvalue weighted by molar-refractivity contribution is -0.137. The minimum atomic E-state index is -4.43. The number of methoxy groups -OCH3 is 3. The van der Waals surface area contributed by atoms with Crippen molar-refractivity contribution < 1.29 is 36.9 Å². The molecular formula is C20H18F3NO5. The maximum absolute atomic E-state index is 12.9. The van der Waals surface area contributed by atoms with E-state index in [1.54, 1.807) is 0 Å². The number of Topliss-reactive ketones (excluding diaryl/α,β-unsaturated/α-hetero) is 1. The van der Waals surface area contributed by atoms with Crippen molar-refractivity contribution in [3.05, 3.63) is 53.1 Å². The molecule has 0 saturated carbocycles. The van der Waals surface area contributed by atoms with Gasteiger partial charge >= 0.3 is 6.18 Å². The van der Waals surface area contributed by atoms with Crippen LogP contribution in [0.5, 0.6) is 17.2 Å². The predicted molar refractivity (Wildman–Crippen MR) is 98.1 cm³/mol. The van der Waals surface area contributed by atoms with Crippen molar-refractivity contribution in [2.75, 3.05) is 27.9 Å². The highest BCUT2D eigenvalue weighted by molar-refractivity contribution is 6.05. The highest BCUT2D eigenvalue weighted by Gasteiger charge is 2.32. The smallest absolute Gasteiger partial charge is 0.416 e. The summed E-state index contributed by atoms with van der Waals surface area (Å²) in [4.78, 5) is 17.1. The summed E-state index contributed by atoms with van der Waals surface area (Å²) in [6.07, 6.45) is -4.43. The average Bonchev–Trinajstić information content (AvgIpc) is 3.21. The van der Waals surface area contributed by atoms with Gasteiger partial charge in [-0.05, 0) is 36.4 Å². The minimum Gasteiger partial charge on any atom is -0.493 e. The van der Waals surface area contributed by atoms with Crippen molar-refractivity contribution in [2.24, 2.45) is 4.99 Å². The van der Waals surface area contributed by atoms with E-state index in [1.807, 2.05) is 0 Å². The first kappa shape index (κ1) is 20.5. The van der Waals surface area contributed by atoms with Crippen LogP contribution in [0.1, 0.15) is 21.5 Å². The fourth-order valence-electron chi connectivity index (χ4n) is 2.88. The van der Waals surface area contributed by atoms with Crippen LogP contribution in [-0.2, 0) is 10.9 Å². The molecule has 9 heteroatoms.